The molecule has 0 aliphatic carbocycles. The van der Waals surface area contributed by atoms with Gasteiger partial charge >= 0.3 is 5.97 Å². The van der Waals surface area contributed by atoms with Crippen molar-refractivity contribution < 1.29 is 18.3 Å². The number of anilines is 1. The number of nitrogen functional groups attached to an aromatic ring is 1. The average molecular weight is 270 g/mol. The van der Waals surface area contributed by atoms with Crippen molar-refractivity contribution in [2.24, 2.45) is 0 Å². The summed E-state index contributed by atoms with van der Waals surface area (Å²) in [5, 5.41) is 0.325. The van der Waals surface area contributed by atoms with E-state index in [1.165, 1.54) is 13.2 Å². The largest absolute Gasteiger partial charge is 0.464 e. The van der Waals surface area contributed by atoms with E-state index in [1.807, 2.05) is 0 Å². The molecule has 0 aliphatic heterocycles. The first-order valence-corrected chi connectivity index (χ1v) is 5.64. The van der Waals surface area contributed by atoms with E-state index in [0.29, 0.717) is 0 Å². The summed E-state index contributed by atoms with van der Waals surface area (Å²) in [5.74, 6) is -2.15. The quantitative estimate of drug-likeness (QED) is 0.851. The Labute approximate surface area is 105 Å². The second-order valence-corrected chi connectivity index (χ2v) is 4.38. The summed E-state index contributed by atoms with van der Waals surface area (Å²) in [6.07, 6.45) is 0. The van der Waals surface area contributed by atoms with Gasteiger partial charge < -0.3 is 10.5 Å². The molecule has 0 saturated carbocycles. The summed E-state index contributed by atoms with van der Waals surface area (Å²) in [6, 6.07) is 3.09. The molecule has 0 radical (unpaired) electrons. The third-order valence-corrected chi connectivity index (χ3v) is 3.11. The molecule has 0 unspecified atom stereocenters. The third kappa shape index (κ3) is 2.17. The highest BCUT2D eigenvalue weighted by molar-refractivity contribution is 7.19. The Bertz CT molecular complexity index is 613. The minimum Gasteiger partial charge on any atom is -0.464 e. The SMILES string of the molecule is COC(=O)c1nc(-c2ccc(F)cc2F)sc1N. The van der Waals surface area contributed by atoms with Crippen LogP contribution in [0.5, 0.6) is 0 Å². The number of rotatable bonds is 2. The van der Waals surface area contributed by atoms with E-state index in [2.05, 4.69) is 9.72 Å². The fourth-order valence-electron chi connectivity index (χ4n) is 1.35. The molecule has 7 heteroatoms. The molecule has 2 rings (SSSR count). The molecule has 0 spiro atoms. The minimum atomic E-state index is -0.764. The molecule has 0 amide bonds. The van der Waals surface area contributed by atoms with Gasteiger partial charge in [-0.05, 0) is 12.1 Å². The number of ether oxygens (including phenoxy) is 1. The van der Waals surface area contributed by atoms with Gasteiger partial charge in [0.15, 0.2) is 5.69 Å². The molecule has 2 aromatic rings. The molecule has 1 aromatic heterocycles. The molecule has 0 atom stereocenters. The lowest BCUT2D eigenvalue weighted by Gasteiger charge is -1.98. The van der Waals surface area contributed by atoms with E-state index >= 15 is 0 Å². The molecule has 0 fully saturated rings. The Hall–Kier alpha value is -2.02. The number of halogens is 2. The molecule has 4 nitrogen and oxygen atoms in total. The van der Waals surface area contributed by atoms with Crippen LogP contribution < -0.4 is 5.73 Å². The number of benzene rings is 1. The van der Waals surface area contributed by atoms with Crippen molar-refractivity contribution in [3.8, 4) is 10.6 Å². The predicted octanol–water partition coefficient (Wildman–Crippen LogP) is 2.46. The first-order valence-electron chi connectivity index (χ1n) is 4.83. The maximum atomic E-state index is 13.5. The average Bonchev–Trinajstić information content (AvgIpc) is 2.70. The second-order valence-electron chi connectivity index (χ2n) is 3.35. The molecule has 1 aromatic carbocycles. The predicted molar refractivity (Wildman–Crippen MR) is 63.2 cm³/mol. The topological polar surface area (TPSA) is 65.2 Å². The lowest BCUT2D eigenvalue weighted by atomic mass is 10.2. The smallest absolute Gasteiger partial charge is 0.359 e. The lowest BCUT2D eigenvalue weighted by Crippen LogP contribution is -2.04. The molecule has 2 N–H and O–H groups in total. The van der Waals surface area contributed by atoms with Crippen LogP contribution in [0.2, 0.25) is 0 Å². The molecule has 1 heterocycles. The van der Waals surface area contributed by atoms with Gasteiger partial charge in [0, 0.05) is 11.6 Å². The normalized spacial score (nSPS) is 10.4. The third-order valence-electron chi connectivity index (χ3n) is 2.19. The summed E-state index contributed by atoms with van der Waals surface area (Å²) in [5.41, 5.74) is 5.61. The van der Waals surface area contributed by atoms with Gasteiger partial charge in [0.1, 0.15) is 21.6 Å². The van der Waals surface area contributed by atoms with Crippen LogP contribution in [0.15, 0.2) is 18.2 Å². The van der Waals surface area contributed by atoms with Crippen molar-refractivity contribution in [1.29, 1.82) is 0 Å². The van der Waals surface area contributed by atoms with Gasteiger partial charge in [-0.2, -0.15) is 0 Å². The van der Waals surface area contributed by atoms with Gasteiger partial charge in [0.2, 0.25) is 0 Å². The van der Waals surface area contributed by atoms with Crippen molar-refractivity contribution in [3.05, 3.63) is 35.5 Å². The number of methoxy groups -OCH3 is 1. The van der Waals surface area contributed by atoms with Crippen molar-refractivity contribution in [2.45, 2.75) is 0 Å². The van der Waals surface area contributed by atoms with Crippen LogP contribution in [0.4, 0.5) is 13.8 Å². The number of nitrogens with zero attached hydrogens (tertiary/aromatic N) is 1. The summed E-state index contributed by atoms with van der Waals surface area (Å²) in [7, 11) is 1.19. The number of thiazole rings is 1. The molecular weight excluding hydrogens is 262 g/mol. The zero-order valence-corrected chi connectivity index (χ0v) is 10.1. The van der Waals surface area contributed by atoms with E-state index in [1.54, 1.807) is 0 Å². The van der Waals surface area contributed by atoms with Crippen molar-refractivity contribution in [1.82, 2.24) is 4.98 Å². The van der Waals surface area contributed by atoms with Crippen LogP contribution >= 0.6 is 11.3 Å². The molecule has 18 heavy (non-hydrogen) atoms. The van der Waals surface area contributed by atoms with E-state index in [4.69, 9.17) is 5.73 Å². The first kappa shape index (κ1) is 12.4. The Morgan fingerprint density at radius 1 is 1.44 bits per heavy atom. The number of hydrogen-bond donors (Lipinski definition) is 1. The molecule has 0 bridgehead atoms. The fraction of sp³-hybridized carbons (Fsp3) is 0.0909. The van der Waals surface area contributed by atoms with Crippen LogP contribution in [0.25, 0.3) is 10.6 Å². The molecule has 94 valence electrons. The number of esters is 1. The van der Waals surface area contributed by atoms with Crippen molar-refractivity contribution in [2.75, 3.05) is 12.8 Å². The fourth-order valence-corrected chi connectivity index (χ4v) is 2.20. The standard InChI is InChI=1S/C11H8F2N2O2S/c1-17-11(16)8-9(14)18-10(15-8)6-3-2-5(12)4-7(6)13/h2-4H,14H2,1H3. The van der Waals surface area contributed by atoms with Gasteiger partial charge in [-0.1, -0.05) is 11.3 Å². The van der Waals surface area contributed by atoms with Crippen LogP contribution in [0.3, 0.4) is 0 Å². The number of hydrogen-bond acceptors (Lipinski definition) is 5. The van der Waals surface area contributed by atoms with Gasteiger partial charge in [-0.15, -0.1) is 0 Å². The highest BCUT2D eigenvalue weighted by Gasteiger charge is 2.19. The van der Waals surface area contributed by atoms with Crippen LogP contribution in [-0.2, 0) is 4.74 Å². The first-order chi connectivity index (χ1) is 8.52. The van der Waals surface area contributed by atoms with E-state index in [0.717, 1.165) is 23.5 Å². The molecule has 0 aliphatic rings. The summed E-state index contributed by atoms with van der Waals surface area (Å²) in [4.78, 5) is 15.2. The lowest BCUT2D eigenvalue weighted by molar-refractivity contribution is 0.0596. The maximum absolute atomic E-state index is 13.5. The van der Waals surface area contributed by atoms with E-state index in [9.17, 15) is 13.6 Å². The van der Waals surface area contributed by atoms with Crippen LogP contribution in [0.1, 0.15) is 10.5 Å². The Morgan fingerprint density at radius 3 is 2.78 bits per heavy atom. The van der Waals surface area contributed by atoms with Crippen molar-refractivity contribution >= 4 is 22.3 Å². The summed E-state index contributed by atoms with van der Waals surface area (Å²) < 4.78 is 30.8. The van der Waals surface area contributed by atoms with Gasteiger partial charge in [-0.25, -0.2) is 18.6 Å². The van der Waals surface area contributed by atoms with Crippen LogP contribution in [0, 0.1) is 11.6 Å². The van der Waals surface area contributed by atoms with E-state index < -0.39 is 17.6 Å². The molecule has 0 saturated heterocycles. The number of aromatic nitrogens is 1. The highest BCUT2D eigenvalue weighted by Crippen LogP contribution is 2.32. The molecular formula is C11H8F2N2O2S. The maximum Gasteiger partial charge on any atom is 0.359 e. The Morgan fingerprint density at radius 2 is 2.17 bits per heavy atom. The Balaban J connectivity index is 2.49. The van der Waals surface area contributed by atoms with Gasteiger partial charge in [-0.3, -0.25) is 0 Å². The second kappa shape index (κ2) is 4.69. The number of carbonyl (C=O) groups is 1. The minimum absolute atomic E-state index is 0.0683. The Kier molecular flexibility index (Phi) is 3.24. The summed E-state index contributed by atoms with van der Waals surface area (Å²) >= 11 is 0.935. The zero-order valence-electron chi connectivity index (χ0n) is 9.24. The van der Waals surface area contributed by atoms with Crippen molar-refractivity contribution in [3.63, 3.8) is 0 Å². The number of carbonyl (C=O) groups excluding carboxylic acids is 1. The number of nitrogens with two attached hydrogens (primary N) is 1. The van der Waals surface area contributed by atoms with Gasteiger partial charge in [0.05, 0.1) is 7.11 Å². The van der Waals surface area contributed by atoms with Crippen LogP contribution in [-0.4, -0.2) is 18.1 Å². The van der Waals surface area contributed by atoms with Gasteiger partial charge in [0.25, 0.3) is 0 Å². The monoisotopic (exact) mass is 270 g/mol. The highest BCUT2D eigenvalue weighted by atomic mass is 32.1. The van der Waals surface area contributed by atoms with E-state index in [-0.39, 0.29) is 21.3 Å². The zero-order chi connectivity index (χ0) is 13.3. The summed E-state index contributed by atoms with van der Waals surface area (Å²) in [6.45, 7) is 0.